The smallest absolute Gasteiger partial charge is 0.246 e. The zero-order valence-corrected chi connectivity index (χ0v) is 20.6. The lowest BCUT2D eigenvalue weighted by Gasteiger charge is -2.40. The van der Waals surface area contributed by atoms with Crippen LogP contribution in [0.3, 0.4) is 0 Å². The normalized spacial score (nSPS) is 23.7. The average molecular weight is 486 g/mol. The van der Waals surface area contributed by atoms with E-state index in [1.54, 1.807) is 25.1 Å². The van der Waals surface area contributed by atoms with E-state index in [0.717, 1.165) is 24.0 Å². The van der Waals surface area contributed by atoms with E-state index in [-0.39, 0.29) is 17.8 Å². The number of nitrogens with zero attached hydrogens (tertiary/aromatic N) is 2. The third kappa shape index (κ3) is 5.18. The van der Waals surface area contributed by atoms with E-state index in [1.807, 2.05) is 24.0 Å². The first kappa shape index (κ1) is 24.4. The minimum absolute atomic E-state index is 0.0311. The lowest BCUT2D eigenvalue weighted by Crippen LogP contribution is -2.54. The molecule has 0 saturated carbocycles. The van der Waals surface area contributed by atoms with E-state index >= 15 is 0 Å². The van der Waals surface area contributed by atoms with Gasteiger partial charge in [0, 0.05) is 38.0 Å². The van der Waals surface area contributed by atoms with Gasteiger partial charge in [-0.15, -0.1) is 0 Å². The maximum Gasteiger partial charge on any atom is 0.246 e. The highest BCUT2D eigenvalue weighted by molar-refractivity contribution is 7.92. The SMILES string of the molecule is C=CC(=O)N1CCN(C[C@@H](Oc2ccc3c(c2)CCCS3(=N)=O)c2ccc(C)c(F)c2)C[C@H]1C. The van der Waals surface area contributed by atoms with Gasteiger partial charge >= 0.3 is 0 Å². The van der Waals surface area contributed by atoms with Gasteiger partial charge in [0.15, 0.2) is 0 Å². The molecule has 3 atom stereocenters. The summed E-state index contributed by atoms with van der Waals surface area (Å²) in [6.07, 6.45) is 2.41. The van der Waals surface area contributed by atoms with Crippen molar-refractivity contribution < 1.29 is 18.1 Å². The molecule has 1 N–H and O–H groups in total. The predicted molar refractivity (Wildman–Crippen MR) is 131 cm³/mol. The highest BCUT2D eigenvalue weighted by Crippen LogP contribution is 2.32. The molecule has 2 aliphatic rings. The molecule has 34 heavy (non-hydrogen) atoms. The molecular formula is C26H32FN3O3S. The van der Waals surface area contributed by atoms with E-state index in [9.17, 15) is 13.4 Å². The van der Waals surface area contributed by atoms with Crippen LogP contribution in [0.25, 0.3) is 0 Å². The molecule has 1 unspecified atom stereocenters. The molecule has 2 heterocycles. The van der Waals surface area contributed by atoms with Crippen molar-refractivity contribution >= 4 is 15.6 Å². The van der Waals surface area contributed by atoms with Gasteiger partial charge in [-0.2, -0.15) is 0 Å². The number of aryl methyl sites for hydroxylation is 2. The second kappa shape index (κ2) is 9.88. The molecule has 0 aromatic heterocycles. The minimum Gasteiger partial charge on any atom is -0.484 e. The first-order valence-electron chi connectivity index (χ1n) is 11.7. The second-order valence-electron chi connectivity index (χ2n) is 9.21. The number of nitrogens with one attached hydrogen (secondary N) is 1. The van der Waals surface area contributed by atoms with Crippen LogP contribution >= 0.6 is 0 Å². The Morgan fingerprint density at radius 2 is 2.12 bits per heavy atom. The third-order valence-electron chi connectivity index (χ3n) is 6.70. The van der Waals surface area contributed by atoms with Crippen LogP contribution in [-0.2, 0) is 20.9 Å². The topological polar surface area (TPSA) is 73.7 Å². The van der Waals surface area contributed by atoms with E-state index in [2.05, 4.69) is 11.5 Å². The van der Waals surface area contributed by atoms with Crippen molar-refractivity contribution in [2.75, 3.05) is 31.9 Å². The number of ether oxygens (including phenoxy) is 1. The highest BCUT2D eigenvalue weighted by atomic mass is 32.2. The van der Waals surface area contributed by atoms with Gasteiger partial charge in [-0.3, -0.25) is 9.69 Å². The molecule has 4 rings (SSSR count). The Balaban J connectivity index is 1.58. The fourth-order valence-electron chi connectivity index (χ4n) is 4.78. The summed E-state index contributed by atoms with van der Waals surface area (Å²) in [6, 6.07) is 10.6. The Labute approximate surface area is 201 Å². The molecule has 0 aliphatic carbocycles. The number of benzene rings is 2. The molecule has 1 fully saturated rings. The predicted octanol–water partition coefficient (Wildman–Crippen LogP) is 4.32. The van der Waals surface area contributed by atoms with Crippen molar-refractivity contribution in [2.24, 2.45) is 0 Å². The molecule has 0 radical (unpaired) electrons. The molecule has 0 spiro atoms. The molecular weight excluding hydrogens is 453 g/mol. The van der Waals surface area contributed by atoms with Crippen LogP contribution in [-0.4, -0.2) is 57.9 Å². The van der Waals surface area contributed by atoms with E-state index < -0.39 is 15.8 Å². The Morgan fingerprint density at radius 3 is 2.82 bits per heavy atom. The Hall–Kier alpha value is -2.71. The summed E-state index contributed by atoms with van der Waals surface area (Å²) in [6.45, 7) is 9.83. The van der Waals surface area contributed by atoms with Gasteiger partial charge < -0.3 is 9.64 Å². The van der Waals surface area contributed by atoms with Gasteiger partial charge in [-0.25, -0.2) is 13.4 Å². The number of rotatable bonds is 6. The number of fused-ring (bicyclic) bond motifs is 1. The lowest BCUT2D eigenvalue weighted by atomic mass is 10.0. The van der Waals surface area contributed by atoms with Crippen LogP contribution in [0.2, 0.25) is 0 Å². The van der Waals surface area contributed by atoms with Crippen molar-refractivity contribution in [3.63, 3.8) is 0 Å². The van der Waals surface area contributed by atoms with Crippen LogP contribution in [0.15, 0.2) is 53.9 Å². The van der Waals surface area contributed by atoms with Crippen molar-refractivity contribution in [1.29, 1.82) is 4.78 Å². The summed E-state index contributed by atoms with van der Waals surface area (Å²) >= 11 is 0. The molecule has 182 valence electrons. The lowest BCUT2D eigenvalue weighted by molar-refractivity contribution is -0.130. The number of halogens is 1. The third-order valence-corrected chi connectivity index (χ3v) is 8.68. The monoisotopic (exact) mass is 485 g/mol. The number of hydrogen-bond acceptors (Lipinski definition) is 5. The number of carbonyl (C=O) groups is 1. The molecule has 2 aromatic rings. The van der Waals surface area contributed by atoms with E-state index in [0.29, 0.717) is 48.1 Å². The first-order valence-corrected chi connectivity index (χ1v) is 13.4. The van der Waals surface area contributed by atoms with Crippen molar-refractivity contribution in [3.05, 3.63) is 71.6 Å². The summed E-state index contributed by atoms with van der Waals surface area (Å²) in [7, 11) is -2.75. The number of carbonyl (C=O) groups excluding carboxylic acids is 1. The average Bonchev–Trinajstić information content (AvgIpc) is 2.80. The van der Waals surface area contributed by atoms with Gasteiger partial charge in [0.2, 0.25) is 5.91 Å². The number of hydrogen-bond donors (Lipinski definition) is 1. The molecule has 2 aromatic carbocycles. The van der Waals surface area contributed by atoms with Gasteiger partial charge in [-0.1, -0.05) is 18.7 Å². The Bertz CT molecular complexity index is 1200. The molecule has 1 amide bonds. The Morgan fingerprint density at radius 1 is 1.32 bits per heavy atom. The standard InChI is InChI=1S/C26H32FN3O3S/c1-4-26(31)30-12-11-29(16-19(30)3)17-24(20-8-7-18(2)23(27)15-20)33-22-9-10-25-21(14-22)6-5-13-34(25,28)32/h4,7-10,14-15,19,24,28H,1,5-6,11-13,16-17H2,2-3H3/t19-,24-,34?/m1/s1. The summed E-state index contributed by atoms with van der Waals surface area (Å²) in [5.74, 6) is 0.667. The van der Waals surface area contributed by atoms with E-state index in [1.165, 1.54) is 12.1 Å². The van der Waals surface area contributed by atoms with Crippen molar-refractivity contribution in [3.8, 4) is 5.75 Å². The van der Waals surface area contributed by atoms with Crippen LogP contribution in [0, 0.1) is 17.5 Å². The first-order chi connectivity index (χ1) is 16.2. The maximum atomic E-state index is 14.4. The molecule has 1 saturated heterocycles. The van der Waals surface area contributed by atoms with Gasteiger partial charge in [0.05, 0.1) is 14.6 Å². The largest absolute Gasteiger partial charge is 0.484 e. The zero-order chi connectivity index (χ0) is 24.5. The van der Waals surface area contributed by atoms with Crippen LogP contribution in [0.1, 0.15) is 36.1 Å². The number of piperazine rings is 1. The van der Waals surface area contributed by atoms with Crippen molar-refractivity contribution in [2.45, 2.75) is 43.7 Å². The quantitative estimate of drug-likeness (QED) is 0.619. The highest BCUT2D eigenvalue weighted by Gasteiger charge is 2.29. The summed E-state index contributed by atoms with van der Waals surface area (Å²) in [5.41, 5.74) is 2.21. The molecule has 0 bridgehead atoms. The van der Waals surface area contributed by atoms with Gasteiger partial charge in [0.1, 0.15) is 17.7 Å². The molecule has 2 aliphatic heterocycles. The van der Waals surface area contributed by atoms with Crippen LogP contribution in [0.4, 0.5) is 4.39 Å². The second-order valence-corrected chi connectivity index (χ2v) is 11.4. The number of amides is 1. The van der Waals surface area contributed by atoms with Gasteiger partial charge in [0.25, 0.3) is 0 Å². The van der Waals surface area contributed by atoms with Gasteiger partial charge in [-0.05, 0) is 73.7 Å². The molecule has 8 heteroatoms. The molecule has 6 nitrogen and oxygen atoms in total. The summed E-state index contributed by atoms with van der Waals surface area (Å²) in [4.78, 5) is 16.7. The maximum absolute atomic E-state index is 14.4. The van der Waals surface area contributed by atoms with Crippen LogP contribution < -0.4 is 4.74 Å². The fourth-order valence-corrected chi connectivity index (χ4v) is 6.43. The Kier molecular flexibility index (Phi) is 7.09. The van der Waals surface area contributed by atoms with Crippen molar-refractivity contribution in [1.82, 2.24) is 9.80 Å². The fraction of sp³-hybridized carbons (Fsp3) is 0.423. The van der Waals surface area contributed by atoms with E-state index in [4.69, 9.17) is 9.52 Å². The summed E-state index contributed by atoms with van der Waals surface area (Å²) in [5, 5.41) is 0. The minimum atomic E-state index is -2.75. The van der Waals surface area contributed by atoms with Crippen LogP contribution in [0.5, 0.6) is 5.75 Å². The summed E-state index contributed by atoms with van der Waals surface area (Å²) < 4.78 is 41.6. The zero-order valence-electron chi connectivity index (χ0n) is 19.8.